The van der Waals surface area contributed by atoms with Crippen molar-refractivity contribution in [3.05, 3.63) is 64.7 Å². The summed E-state index contributed by atoms with van der Waals surface area (Å²) in [6.07, 6.45) is 4.06. The Morgan fingerprint density at radius 3 is 2.38 bits per heavy atom. The van der Waals surface area contributed by atoms with Crippen molar-refractivity contribution in [2.75, 3.05) is 32.4 Å². The normalized spacial score (nSPS) is 16.0. The van der Waals surface area contributed by atoms with Gasteiger partial charge in [-0.05, 0) is 36.1 Å². The van der Waals surface area contributed by atoms with E-state index in [2.05, 4.69) is 52.8 Å². The molecule has 0 unspecified atom stereocenters. The minimum Gasteiger partial charge on any atom is -0.328 e. The van der Waals surface area contributed by atoms with E-state index >= 15 is 0 Å². The molecule has 3 rings (SSSR count). The first-order valence-corrected chi connectivity index (χ1v) is 9.84. The topological polar surface area (TPSA) is 20.0 Å². The maximum Gasteiger partial charge on any atom is 0.103 e. The maximum atomic E-state index is 5.95. The second kappa shape index (κ2) is 8.56. The van der Waals surface area contributed by atoms with Crippen molar-refractivity contribution in [2.45, 2.75) is 11.4 Å². The maximum absolute atomic E-state index is 5.95. The predicted octanol–water partition coefficient (Wildman–Crippen LogP) is 2.80. The van der Waals surface area contributed by atoms with E-state index in [1.807, 2.05) is 18.3 Å². The summed E-state index contributed by atoms with van der Waals surface area (Å²) in [6.45, 7) is 5.30. The summed E-state index contributed by atoms with van der Waals surface area (Å²) in [5.74, 6) is 0. The average molecular weight is 361 g/mol. The van der Waals surface area contributed by atoms with E-state index in [4.69, 9.17) is 11.6 Å². The zero-order valence-corrected chi connectivity index (χ0v) is 15.5. The molecule has 0 aliphatic carbocycles. The molecule has 1 heterocycles. The first kappa shape index (κ1) is 17.3. The fraction of sp³-hybridized carbons (Fsp3) is 0.316. The minimum absolute atomic E-state index is 0.804. The summed E-state index contributed by atoms with van der Waals surface area (Å²) in [6, 6.07) is 16.7. The molecule has 1 N–H and O–H groups in total. The fourth-order valence-corrected chi connectivity index (χ4v) is 3.37. The molecular weight excluding hydrogens is 338 g/mol. The molecule has 0 atom stereocenters. The lowest BCUT2D eigenvalue weighted by Gasteiger charge is -2.30. The summed E-state index contributed by atoms with van der Waals surface area (Å²) < 4.78 is 0. The highest BCUT2D eigenvalue weighted by atomic mass is 35.5. The van der Waals surface area contributed by atoms with Crippen LogP contribution in [-0.2, 0) is 6.54 Å². The van der Waals surface area contributed by atoms with Crippen LogP contribution in [-0.4, -0.2) is 43.7 Å². The van der Waals surface area contributed by atoms with E-state index in [1.165, 1.54) is 10.5 Å². The molecule has 0 radical (unpaired) electrons. The molecule has 0 saturated carbocycles. The quantitative estimate of drug-likeness (QED) is 0.653. The molecule has 1 aliphatic rings. The smallest absolute Gasteiger partial charge is 0.103 e. The molecule has 2 aromatic rings. The Balaban J connectivity index is 1.47. The third kappa shape index (κ3) is 5.00. The molecule has 2 aromatic carbocycles. The van der Waals surface area contributed by atoms with Crippen LogP contribution in [0.2, 0.25) is 5.02 Å². The van der Waals surface area contributed by atoms with Crippen molar-refractivity contribution in [3.63, 3.8) is 0 Å². The van der Waals surface area contributed by atoms with Gasteiger partial charge in [0, 0.05) is 15.5 Å². The van der Waals surface area contributed by atoms with Gasteiger partial charge in [-0.25, -0.2) is 0 Å². The summed E-state index contributed by atoms with van der Waals surface area (Å²) in [5.41, 5.74) is 2.50. The lowest BCUT2D eigenvalue weighted by Crippen LogP contribution is -3.13. The zero-order chi connectivity index (χ0) is 16.8. The van der Waals surface area contributed by atoms with Crippen molar-refractivity contribution >= 4 is 29.6 Å². The molecule has 1 aliphatic heterocycles. The molecule has 1 saturated heterocycles. The summed E-state index contributed by atoms with van der Waals surface area (Å²) in [4.78, 5) is 2.89. The summed E-state index contributed by atoms with van der Waals surface area (Å²) >= 11 is 7.71. The van der Waals surface area contributed by atoms with Crippen molar-refractivity contribution in [2.24, 2.45) is 5.10 Å². The second-order valence-corrected chi connectivity index (χ2v) is 7.34. The standard InChI is InChI=1S/C19H22ClN3S/c1-24-19-8-4-16(5-9-19)14-21-23-12-10-22(11-13-23)15-17-2-6-18(20)7-3-17/h2-9,14H,10-13,15H2,1H3/p+1. The molecule has 0 spiro atoms. The number of rotatable bonds is 5. The van der Waals surface area contributed by atoms with Crippen LogP contribution >= 0.6 is 23.4 Å². The van der Waals surface area contributed by atoms with Crippen LogP contribution in [0.15, 0.2) is 58.5 Å². The van der Waals surface area contributed by atoms with E-state index in [0.717, 1.165) is 43.3 Å². The Hall–Kier alpha value is -1.49. The van der Waals surface area contributed by atoms with Gasteiger partial charge in [0.05, 0.1) is 32.4 Å². The highest BCUT2D eigenvalue weighted by molar-refractivity contribution is 7.98. The van der Waals surface area contributed by atoms with E-state index in [1.54, 1.807) is 16.7 Å². The highest BCUT2D eigenvalue weighted by Gasteiger charge is 2.18. The van der Waals surface area contributed by atoms with Crippen LogP contribution in [0.1, 0.15) is 11.1 Å². The fourth-order valence-electron chi connectivity index (χ4n) is 2.83. The molecule has 126 valence electrons. The average Bonchev–Trinajstić information content (AvgIpc) is 2.63. The highest BCUT2D eigenvalue weighted by Crippen LogP contribution is 2.14. The van der Waals surface area contributed by atoms with Crippen LogP contribution in [0.3, 0.4) is 0 Å². The van der Waals surface area contributed by atoms with Gasteiger partial charge in [0.1, 0.15) is 6.54 Å². The number of nitrogens with one attached hydrogen (secondary N) is 1. The summed E-state index contributed by atoms with van der Waals surface area (Å²) in [7, 11) is 0. The SMILES string of the molecule is CSc1ccc(C=NN2CC[NH+](Cc3ccc(Cl)cc3)CC2)cc1. The Kier molecular flexibility index (Phi) is 6.18. The van der Waals surface area contributed by atoms with Gasteiger partial charge in [0.15, 0.2) is 0 Å². The molecule has 0 aromatic heterocycles. The molecule has 0 amide bonds. The minimum atomic E-state index is 0.804. The number of nitrogens with zero attached hydrogens (tertiary/aromatic N) is 2. The number of hydrazone groups is 1. The zero-order valence-electron chi connectivity index (χ0n) is 13.9. The number of quaternary nitrogens is 1. The molecular formula is C19H23ClN3S+. The molecule has 1 fully saturated rings. The molecule has 3 nitrogen and oxygen atoms in total. The van der Waals surface area contributed by atoms with Gasteiger partial charge in [0.2, 0.25) is 0 Å². The Morgan fingerprint density at radius 1 is 1.08 bits per heavy atom. The largest absolute Gasteiger partial charge is 0.328 e. The van der Waals surface area contributed by atoms with Crippen molar-refractivity contribution in [1.82, 2.24) is 5.01 Å². The van der Waals surface area contributed by atoms with E-state index < -0.39 is 0 Å². The van der Waals surface area contributed by atoms with Gasteiger partial charge in [-0.15, -0.1) is 11.8 Å². The van der Waals surface area contributed by atoms with Crippen LogP contribution in [0.5, 0.6) is 0 Å². The van der Waals surface area contributed by atoms with Gasteiger partial charge in [0.25, 0.3) is 0 Å². The third-order valence-electron chi connectivity index (χ3n) is 4.30. The van der Waals surface area contributed by atoms with Gasteiger partial charge in [-0.1, -0.05) is 35.9 Å². The van der Waals surface area contributed by atoms with E-state index in [9.17, 15) is 0 Å². The first-order chi connectivity index (χ1) is 11.7. The van der Waals surface area contributed by atoms with Gasteiger partial charge < -0.3 is 4.90 Å². The van der Waals surface area contributed by atoms with Crippen LogP contribution in [0, 0.1) is 0 Å². The van der Waals surface area contributed by atoms with Crippen LogP contribution < -0.4 is 4.90 Å². The first-order valence-electron chi connectivity index (χ1n) is 8.24. The third-order valence-corrected chi connectivity index (χ3v) is 5.30. The van der Waals surface area contributed by atoms with Gasteiger partial charge >= 0.3 is 0 Å². The Labute approximate surface area is 153 Å². The number of piperazine rings is 1. The van der Waals surface area contributed by atoms with Gasteiger partial charge in [-0.2, -0.15) is 5.10 Å². The number of hydrogen-bond donors (Lipinski definition) is 1. The van der Waals surface area contributed by atoms with Crippen LogP contribution in [0.25, 0.3) is 0 Å². The van der Waals surface area contributed by atoms with Gasteiger partial charge in [-0.3, -0.25) is 5.01 Å². The van der Waals surface area contributed by atoms with E-state index in [-0.39, 0.29) is 0 Å². The lowest BCUT2D eigenvalue weighted by molar-refractivity contribution is -0.918. The van der Waals surface area contributed by atoms with Crippen molar-refractivity contribution in [1.29, 1.82) is 0 Å². The second-order valence-electron chi connectivity index (χ2n) is 6.02. The van der Waals surface area contributed by atoms with E-state index in [0.29, 0.717) is 0 Å². The number of benzene rings is 2. The number of hydrogen-bond acceptors (Lipinski definition) is 3. The Morgan fingerprint density at radius 2 is 1.75 bits per heavy atom. The van der Waals surface area contributed by atoms with Crippen molar-refractivity contribution < 1.29 is 4.90 Å². The molecule has 24 heavy (non-hydrogen) atoms. The predicted molar refractivity (Wildman–Crippen MR) is 103 cm³/mol. The monoisotopic (exact) mass is 360 g/mol. The van der Waals surface area contributed by atoms with Crippen LogP contribution in [0.4, 0.5) is 0 Å². The van der Waals surface area contributed by atoms with Crippen molar-refractivity contribution in [3.8, 4) is 0 Å². The Bertz CT molecular complexity index is 662. The molecule has 0 bridgehead atoms. The molecule has 5 heteroatoms. The summed E-state index contributed by atoms with van der Waals surface area (Å²) in [5, 5.41) is 7.61. The number of halogens is 1. The lowest BCUT2D eigenvalue weighted by atomic mass is 10.2. The number of thioether (sulfide) groups is 1.